The lowest BCUT2D eigenvalue weighted by Gasteiger charge is -2.07. The summed E-state index contributed by atoms with van der Waals surface area (Å²) >= 11 is 0. The van der Waals surface area contributed by atoms with Crippen LogP contribution in [0.25, 0.3) is 0 Å². The van der Waals surface area contributed by atoms with E-state index in [0.29, 0.717) is 0 Å². The molecule has 0 saturated heterocycles. The van der Waals surface area contributed by atoms with Crippen molar-refractivity contribution in [3.63, 3.8) is 0 Å². The molecule has 1 atom stereocenters. The zero-order chi connectivity index (χ0) is 12.4. The van der Waals surface area contributed by atoms with Gasteiger partial charge in [0.05, 0.1) is 5.92 Å². The van der Waals surface area contributed by atoms with E-state index in [1.165, 1.54) is 12.8 Å². The van der Waals surface area contributed by atoms with Crippen molar-refractivity contribution >= 4 is 11.8 Å². The summed E-state index contributed by atoms with van der Waals surface area (Å²) in [5.74, 6) is -1.00. The molecule has 92 valence electrons. The summed E-state index contributed by atoms with van der Waals surface area (Å²) < 4.78 is 0. The Morgan fingerprint density at radius 2 is 1.88 bits per heavy atom. The Morgan fingerprint density at radius 3 is 2.38 bits per heavy atom. The van der Waals surface area contributed by atoms with E-state index >= 15 is 0 Å². The quantitative estimate of drug-likeness (QED) is 0.461. The van der Waals surface area contributed by atoms with Crippen molar-refractivity contribution in [1.82, 2.24) is 0 Å². The Bertz CT molecular complexity index is 249. The first-order chi connectivity index (χ1) is 7.57. The SMILES string of the molecule is CCCCCCC(C=CCC(N)=O)C(N)=O. The molecule has 16 heavy (non-hydrogen) atoms. The van der Waals surface area contributed by atoms with Gasteiger partial charge in [-0.25, -0.2) is 0 Å². The Hall–Kier alpha value is -1.32. The maximum absolute atomic E-state index is 11.1. The lowest BCUT2D eigenvalue weighted by atomic mass is 9.99. The second-order valence-electron chi connectivity index (χ2n) is 3.96. The molecule has 0 fully saturated rings. The topological polar surface area (TPSA) is 86.2 Å². The molecule has 0 aliphatic heterocycles. The van der Waals surface area contributed by atoms with Crippen molar-refractivity contribution < 1.29 is 9.59 Å². The lowest BCUT2D eigenvalue weighted by Crippen LogP contribution is -2.21. The molecule has 0 aromatic carbocycles. The molecule has 0 aliphatic rings. The van der Waals surface area contributed by atoms with E-state index in [-0.39, 0.29) is 18.2 Å². The van der Waals surface area contributed by atoms with Crippen LogP contribution in [-0.4, -0.2) is 11.8 Å². The zero-order valence-corrected chi connectivity index (χ0v) is 9.95. The molecular formula is C12H22N2O2. The standard InChI is InChI=1S/C12H22N2O2/c1-2-3-4-5-7-10(12(14)16)8-6-9-11(13)15/h6,8,10H,2-5,7,9H2,1H3,(H2,13,15)(H2,14,16). The van der Waals surface area contributed by atoms with E-state index in [0.717, 1.165) is 19.3 Å². The Balaban J connectivity index is 3.93. The number of hydrogen-bond donors (Lipinski definition) is 2. The number of hydrogen-bond acceptors (Lipinski definition) is 2. The fourth-order valence-electron chi connectivity index (χ4n) is 1.47. The van der Waals surface area contributed by atoms with Crippen LogP contribution in [-0.2, 0) is 9.59 Å². The first-order valence-electron chi connectivity index (χ1n) is 5.82. The molecule has 2 amide bonds. The smallest absolute Gasteiger partial charge is 0.224 e. The average Bonchev–Trinajstić information content (AvgIpc) is 2.20. The molecule has 1 unspecified atom stereocenters. The van der Waals surface area contributed by atoms with Crippen LogP contribution in [0, 0.1) is 5.92 Å². The van der Waals surface area contributed by atoms with Gasteiger partial charge in [-0.3, -0.25) is 9.59 Å². The van der Waals surface area contributed by atoms with Gasteiger partial charge in [-0.2, -0.15) is 0 Å². The summed E-state index contributed by atoms with van der Waals surface area (Å²) in [6, 6.07) is 0. The summed E-state index contributed by atoms with van der Waals surface area (Å²) in [7, 11) is 0. The van der Waals surface area contributed by atoms with Gasteiger partial charge in [0.1, 0.15) is 0 Å². The number of carbonyl (C=O) groups is 2. The fraction of sp³-hybridized carbons (Fsp3) is 0.667. The van der Waals surface area contributed by atoms with Gasteiger partial charge in [-0.1, -0.05) is 44.8 Å². The second-order valence-corrected chi connectivity index (χ2v) is 3.96. The molecule has 0 aromatic heterocycles. The summed E-state index contributed by atoms with van der Waals surface area (Å²) in [4.78, 5) is 21.6. The van der Waals surface area contributed by atoms with Gasteiger partial charge in [-0.15, -0.1) is 0 Å². The fourth-order valence-corrected chi connectivity index (χ4v) is 1.47. The first-order valence-corrected chi connectivity index (χ1v) is 5.82. The largest absolute Gasteiger partial charge is 0.369 e. The minimum atomic E-state index is -0.398. The number of nitrogens with two attached hydrogens (primary N) is 2. The van der Waals surface area contributed by atoms with Gasteiger partial charge in [0.15, 0.2) is 0 Å². The van der Waals surface area contributed by atoms with Crippen LogP contribution in [0.15, 0.2) is 12.2 Å². The maximum Gasteiger partial charge on any atom is 0.224 e. The van der Waals surface area contributed by atoms with Crippen LogP contribution in [0.1, 0.15) is 45.4 Å². The highest BCUT2D eigenvalue weighted by atomic mass is 16.1. The Labute approximate surface area is 97.1 Å². The summed E-state index contributed by atoms with van der Waals surface area (Å²) in [6.07, 6.45) is 8.68. The van der Waals surface area contributed by atoms with Crippen molar-refractivity contribution in [2.75, 3.05) is 0 Å². The molecule has 0 bridgehead atoms. The Kier molecular flexibility index (Phi) is 8.21. The number of rotatable bonds is 9. The maximum atomic E-state index is 11.1. The van der Waals surface area contributed by atoms with E-state index in [4.69, 9.17) is 11.5 Å². The summed E-state index contributed by atoms with van der Waals surface area (Å²) in [5, 5.41) is 0. The molecule has 0 aliphatic carbocycles. The third-order valence-corrected chi connectivity index (χ3v) is 2.42. The molecule has 0 radical (unpaired) electrons. The second kappa shape index (κ2) is 8.95. The first kappa shape index (κ1) is 14.7. The highest BCUT2D eigenvalue weighted by Crippen LogP contribution is 2.12. The molecular weight excluding hydrogens is 204 g/mol. The van der Waals surface area contributed by atoms with E-state index < -0.39 is 5.91 Å². The number of primary amides is 2. The predicted molar refractivity (Wildman–Crippen MR) is 64.4 cm³/mol. The molecule has 0 aromatic rings. The Morgan fingerprint density at radius 1 is 1.19 bits per heavy atom. The highest BCUT2D eigenvalue weighted by molar-refractivity contribution is 5.79. The molecule has 0 heterocycles. The summed E-state index contributed by atoms with van der Waals surface area (Å²) in [5.41, 5.74) is 10.3. The van der Waals surface area contributed by atoms with Crippen LogP contribution in [0.4, 0.5) is 0 Å². The van der Waals surface area contributed by atoms with Crippen LogP contribution >= 0.6 is 0 Å². The minimum absolute atomic E-state index is 0.165. The van der Waals surface area contributed by atoms with Crippen LogP contribution in [0.3, 0.4) is 0 Å². The predicted octanol–water partition coefficient (Wildman–Crippen LogP) is 1.49. The summed E-state index contributed by atoms with van der Waals surface area (Å²) in [6.45, 7) is 2.14. The van der Waals surface area contributed by atoms with Crippen molar-refractivity contribution in [3.05, 3.63) is 12.2 Å². The van der Waals surface area contributed by atoms with Gasteiger partial charge < -0.3 is 11.5 Å². The molecule has 4 heteroatoms. The van der Waals surface area contributed by atoms with Crippen molar-refractivity contribution in [2.24, 2.45) is 17.4 Å². The molecule has 0 spiro atoms. The zero-order valence-electron chi connectivity index (χ0n) is 9.95. The van der Waals surface area contributed by atoms with Gasteiger partial charge in [0.2, 0.25) is 11.8 Å². The average molecular weight is 226 g/mol. The molecule has 4 N–H and O–H groups in total. The van der Waals surface area contributed by atoms with Crippen LogP contribution in [0.5, 0.6) is 0 Å². The van der Waals surface area contributed by atoms with Crippen molar-refractivity contribution in [2.45, 2.75) is 45.4 Å². The third kappa shape index (κ3) is 8.03. The van der Waals surface area contributed by atoms with E-state index in [1.807, 2.05) is 0 Å². The van der Waals surface area contributed by atoms with Gasteiger partial charge in [0, 0.05) is 6.42 Å². The monoisotopic (exact) mass is 226 g/mol. The van der Waals surface area contributed by atoms with Crippen LogP contribution < -0.4 is 11.5 Å². The number of amides is 2. The van der Waals surface area contributed by atoms with Crippen LogP contribution in [0.2, 0.25) is 0 Å². The van der Waals surface area contributed by atoms with E-state index in [2.05, 4.69) is 6.92 Å². The van der Waals surface area contributed by atoms with Gasteiger partial charge >= 0.3 is 0 Å². The molecule has 4 nitrogen and oxygen atoms in total. The van der Waals surface area contributed by atoms with Gasteiger partial charge in [-0.05, 0) is 6.42 Å². The van der Waals surface area contributed by atoms with Gasteiger partial charge in [0.25, 0.3) is 0 Å². The minimum Gasteiger partial charge on any atom is -0.369 e. The third-order valence-electron chi connectivity index (χ3n) is 2.42. The normalized spacial score (nSPS) is 12.8. The van der Waals surface area contributed by atoms with Crippen molar-refractivity contribution in [3.8, 4) is 0 Å². The number of carbonyl (C=O) groups excluding carboxylic acids is 2. The van der Waals surface area contributed by atoms with Crippen molar-refractivity contribution in [1.29, 1.82) is 0 Å². The number of unbranched alkanes of at least 4 members (excludes halogenated alkanes) is 3. The molecule has 0 saturated carbocycles. The van der Waals surface area contributed by atoms with E-state index in [1.54, 1.807) is 12.2 Å². The lowest BCUT2D eigenvalue weighted by molar-refractivity contribution is -0.121. The highest BCUT2D eigenvalue weighted by Gasteiger charge is 2.10. The molecule has 0 rings (SSSR count). The van der Waals surface area contributed by atoms with E-state index in [9.17, 15) is 9.59 Å².